The van der Waals surface area contributed by atoms with Crippen LogP contribution in [0, 0.1) is 0 Å². The molecule has 3 rings (SSSR count). The predicted molar refractivity (Wildman–Crippen MR) is 89.7 cm³/mol. The summed E-state index contributed by atoms with van der Waals surface area (Å²) in [6, 6.07) is 13.0. The Morgan fingerprint density at radius 3 is 2.28 bits per heavy atom. The van der Waals surface area contributed by atoms with E-state index in [9.17, 15) is 21.6 Å². The van der Waals surface area contributed by atoms with Crippen molar-refractivity contribution in [2.45, 2.75) is 10.4 Å². The number of rotatable bonds is 3. The van der Waals surface area contributed by atoms with Gasteiger partial charge >= 0.3 is 5.51 Å². The number of benzene rings is 2. The first-order valence-corrected chi connectivity index (χ1v) is 8.78. The molecule has 0 radical (unpaired) electrons. The van der Waals surface area contributed by atoms with E-state index in [-0.39, 0.29) is 0 Å². The summed E-state index contributed by atoms with van der Waals surface area (Å²) in [6.45, 7) is 0. The minimum Gasteiger partial charge on any atom is -0.340 e. The fourth-order valence-electron chi connectivity index (χ4n) is 2.18. The van der Waals surface area contributed by atoms with E-state index in [2.05, 4.69) is 10.3 Å². The topological polar surface area (TPSA) is 59.1 Å². The summed E-state index contributed by atoms with van der Waals surface area (Å²) >= 11 is 6.08. The first-order valence-electron chi connectivity index (χ1n) is 6.92. The minimum atomic E-state index is -5.36. The molecule has 3 aromatic rings. The maximum absolute atomic E-state index is 12.5. The lowest BCUT2D eigenvalue weighted by Gasteiger charge is -2.10. The molecule has 0 saturated heterocycles. The molecular weight excluding hydrogens is 377 g/mol. The Hall–Kier alpha value is -2.32. The molecule has 0 saturated carbocycles. The molecule has 9 heteroatoms. The van der Waals surface area contributed by atoms with E-state index in [1.165, 1.54) is 12.1 Å². The molecule has 0 spiro atoms. The SMILES string of the molecule is O=S(=O)(c1ccc(Nc2ccc3cccc(Cl)c3n2)cc1)C(F)(F)F. The Morgan fingerprint density at radius 2 is 1.64 bits per heavy atom. The number of para-hydroxylation sites is 1. The standard InChI is InChI=1S/C16H10ClF3N2O2S/c17-13-3-1-2-10-4-9-14(22-15(10)13)21-11-5-7-12(8-6-11)25(23,24)16(18,19)20/h1-9H,(H,21,22). The van der Waals surface area contributed by atoms with Crippen LogP contribution in [-0.4, -0.2) is 18.9 Å². The minimum absolute atomic E-state index is 0.389. The van der Waals surface area contributed by atoms with Crippen LogP contribution in [0.3, 0.4) is 0 Å². The zero-order valence-corrected chi connectivity index (χ0v) is 14.0. The lowest BCUT2D eigenvalue weighted by atomic mass is 10.2. The van der Waals surface area contributed by atoms with E-state index in [1.807, 2.05) is 6.07 Å². The number of hydrogen-bond acceptors (Lipinski definition) is 4. The van der Waals surface area contributed by atoms with Gasteiger partial charge in [0.05, 0.1) is 15.4 Å². The molecule has 130 valence electrons. The largest absolute Gasteiger partial charge is 0.501 e. The lowest BCUT2D eigenvalue weighted by molar-refractivity contribution is -0.0436. The molecule has 4 nitrogen and oxygen atoms in total. The highest BCUT2D eigenvalue weighted by Crippen LogP contribution is 2.31. The molecule has 1 N–H and O–H groups in total. The molecular formula is C16H10ClF3N2O2S. The molecule has 0 amide bonds. The Morgan fingerprint density at radius 1 is 0.960 bits per heavy atom. The first kappa shape index (κ1) is 17.5. The molecule has 1 heterocycles. The summed E-state index contributed by atoms with van der Waals surface area (Å²) in [5, 5.41) is 4.20. The van der Waals surface area contributed by atoms with Crippen molar-refractivity contribution in [1.29, 1.82) is 0 Å². The van der Waals surface area contributed by atoms with Crippen molar-refractivity contribution in [3.05, 3.63) is 59.6 Å². The van der Waals surface area contributed by atoms with E-state index in [0.29, 0.717) is 22.0 Å². The van der Waals surface area contributed by atoms with Gasteiger partial charge < -0.3 is 5.32 Å². The Labute approximate surface area is 146 Å². The summed E-state index contributed by atoms with van der Waals surface area (Å²) in [5.41, 5.74) is -4.37. The summed E-state index contributed by atoms with van der Waals surface area (Å²) in [6.07, 6.45) is 0. The van der Waals surface area contributed by atoms with Gasteiger partial charge in [0, 0.05) is 11.1 Å². The molecule has 0 aliphatic rings. The van der Waals surface area contributed by atoms with Gasteiger partial charge in [-0.15, -0.1) is 0 Å². The van der Waals surface area contributed by atoms with Crippen LogP contribution in [-0.2, 0) is 9.84 Å². The zero-order valence-electron chi connectivity index (χ0n) is 12.4. The van der Waals surface area contributed by atoms with Crippen molar-refractivity contribution in [3.8, 4) is 0 Å². The molecule has 0 aliphatic carbocycles. The predicted octanol–water partition coefficient (Wildman–Crippen LogP) is 4.93. The quantitative estimate of drug-likeness (QED) is 0.693. The maximum atomic E-state index is 12.5. The first-order chi connectivity index (χ1) is 11.7. The van der Waals surface area contributed by atoms with Crippen LogP contribution in [0.5, 0.6) is 0 Å². The third-order valence-electron chi connectivity index (χ3n) is 3.41. The fourth-order valence-corrected chi connectivity index (χ4v) is 3.17. The molecule has 0 unspecified atom stereocenters. The number of anilines is 2. The highest BCUT2D eigenvalue weighted by Gasteiger charge is 2.46. The van der Waals surface area contributed by atoms with Gasteiger partial charge in [0.15, 0.2) is 0 Å². The second-order valence-electron chi connectivity index (χ2n) is 5.11. The highest BCUT2D eigenvalue weighted by molar-refractivity contribution is 7.92. The Kier molecular flexibility index (Phi) is 4.34. The summed E-state index contributed by atoms with van der Waals surface area (Å²) in [4.78, 5) is 3.52. The van der Waals surface area contributed by atoms with Crippen molar-refractivity contribution < 1.29 is 21.6 Å². The van der Waals surface area contributed by atoms with E-state index in [1.54, 1.807) is 24.3 Å². The molecule has 0 bridgehead atoms. The van der Waals surface area contributed by atoms with Gasteiger partial charge in [-0.05, 0) is 42.5 Å². The molecule has 1 aromatic heterocycles. The number of nitrogens with zero attached hydrogens (tertiary/aromatic N) is 1. The van der Waals surface area contributed by atoms with Gasteiger partial charge in [0.2, 0.25) is 0 Å². The number of pyridine rings is 1. The van der Waals surface area contributed by atoms with Gasteiger partial charge in [-0.2, -0.15) is 13.2 Å². The van der Waals surface area contributed by atoms with Crippen LogP contribution in [0.25, 0.3) is 10.9 Å². The monoisotopic (exact) mass is 386 g/mol. The lowest BCUT2D eigenvalue weighted by Crippen LogP contribution is -2.23. The Bertz CT molecular complexity index is 1040. The van der Waals surface area contributed by atoms with Crippen LogP contribution in [0.2, 0.25) is 5.02 Å². The second-order valence-corrected chi connectivity index (χ2v) is 7.45. The van der Waals surface area contributed by atoms with Crippen molar-refractivity contribution in [2.75, 3.05) is 5.32 Å². The van der Waals surface area contributed by atoms with Gasteiger partial charge in [0.25, 0.3) is 9.84 Å². The summed E-state index contributed by atoms with van der Waals surface area (Å²) < 4.78 is 60.2. The van der Waals surface area contributed by atoms with Gasteiger partial charge in [-0.3, -0.25) is 0 Å². The van der Waals surface area contributed by atoms with Crippen molar-refractivity contribution in [3.63, 3.8) is 0 Å². The van der Waals surface area contributed by atoms with E-state index < -0.39 is 20.2 Å². The smallest absolute Gasteiger partial charge is 0.340 e. The Balaban J connectivity index is 1.88. The number of hydrogen-bond donors (Lipinski definition) is 1. The van der Waals surface area contributed by atoms with E-state index in [0.717, 1.165) is 17.5 Å². The third kappa shape index (κ3) is 3.40. The van der Waals surface area contributed by atoms with E-state index in [4.69, 9.17) is 11.6 Å². The van der Waals surface area contributed by atoms with Crippen LogP contribution in [0.1, 0.15) is 0 Å². The maximum Gasteiger partial charge on any atom is 0.501 e. The van der Waals surface area contributed by atoms with Gasteiger partial charge in [-0.1, -0.05) is 23.7 Å². The number of sulfone groups is 1. The average Bonchev–Trinajstić information content (AvgIpc) is 2.55. The van der Waals surface area contributed by atoms with Crippen molar-refractivity contribution in [1.82, 2.24) is 4.98 Å². The fraction of sp³-hybridized carbons (Fsp3) is 0.0625. The van der Waals surface area contributed by atoms with Crippen LogP contribution in [0.15, 0.2) is 59.5 Å². The molecule has 0 fully saturated rings. The van der Waals surface area contributed by atoms with Gasteiger partial charge in [0.1, 0.15) is 5.82 Å². The molecule has 2 aromatic carbocycles. The van der Waals surface area contributed by atoms with Crippen molar-refractivity contribution in [2.24, 2.45) is 0 Å². The molecule has 25 heavy (non-hydrogen) atoms. The summed E-state index contributed by atoms with van der Waals surface area (Å²) in [7, 11) is -5.36. The number of aromatic nitrogens is 1. The zero-order chi connectivity index (χ0) is 18.2. The normalized spacial score (nSPS) is 12.3. The molecule has 0 atom stereocenters. The van der Waals surface area contributed by atoms with E-state index >= 15 is 0 Å². The number of nitrogens with one attached hydrogen (secondary N) is 1. The van der Waals surface area contributed by atoms with Crippen molar-refractivity contribution >= 4 is 43.8 Å². The number of fused-ring (bicyclic) bond motifs is 1. The number of alkyl halides is 3. The number of halogens is 4. The highest BCUT2D eigenvalue weighted by atomic mass is 35.5. The average molecular weight is 387 g/mol. The van der Waals surface area contributed by atoms with Crippen LogP contribution in [0.4, 0.5) is 24.7 Å². The molecule has 0 aliphatic heterocycles. The second kappa shape index (κ2) is 6.20. The van der Waals surface area contributed by atoms with Crippen LogP contribution >= 0.6 is 11.6 Å². The van der Waals surface area contributed by atoms with Crippen LogP contribution < -0.4 is 5.32 Å². The van der Waals surface area contributed by atoms with Gasteiger partial charge in [-0.25, -0.2) is 13.4 Å². The third-order valence-corrected chi connectivity index (χ3v) is 5.22. The summed E-state index contributed by atoms with van der Waals surface area (Å²) in [5.74, 6) is 0.423.